The van der Waals surface area contributed by atoms with Crippen LogP contribution in [0.3, 0.4) is 0 Å². The first-order valence-electron chi connectivity index (χ1n) is 7.08. The van der Waals surface area contributed by atoms with E-state index in [9.17, 15) is 18.0 Å². The summed E-state index contributed by atoms with van der Waals surface area (Å²) in [6.07, 6.45) is -4.53. The Hall–Kier alpha value is -1.90. The van der Waals surface area contributed by atoms with Crippen molar-refractivity contribution in [3.8, 4) is 0 Å². The van der Waals surface area contributed by atoms with E-state index in [0.717, 1.165) is 30.0 Å². The van der Waals surface area contributed by atoms with Gasteiger partial charge in [-0.3, -0.25) is 4.79 Å². The standard InChI is InChI=1S/C16H9Cl2F3N2O2S/c17-9-2-4-13-12(6-9)23-15(25-13)26-7-14(24)22-11-5-8(16(19,20)21)1-3-10(11)18/h1-6H,7H2,(H,22,24). The number of carbonyl (C=O) groups excluding carboxylic acids is 1. The number of amides is 1. The first-order valence-corrected chi connectivity index (χ1v) is 8.82. The fourth-order valence-corrected chi connectivity index (χ4v) is 3.02. The molecule has 0 aliphatic rings. The maximum atomic E-state index is 12.7. The average Bonchev–Trinajstić information content (AvgIpc) is 2.96. The molecule has 0 radical (unpaired) electrons. The summed E-state index contributed by atoms with van der Waals surface area (Å²) in [6.45, 7) is 0. The molecular formula is C16H9Cl2F3N2O2S. The number of benzene rings is 2. The second-order valence-electron chi connectivity index (χ2n) is 5.12. The predicted octanol–water partition coefficient (Wildman–Crippen LogP) is 5.88. The number of fused-ring (bicyclic) bond motifs is 1. The number of halogens is 5. The van der Waals surface area contributed by atoms with Crippen LogP contribution >= 0.6 is 35.0 Å². The van der Waals surface area contributed by atoms with Gasteiger partial charge in [0.25, 0.3) is 5.22 Å². The number of anilines is 1. The highest BCUT2D eigenvalue weighted by molar-refractivity contribution is 7.99. The minimum Gasteiger partial charge on any atom is -0.431 e. The second kappa shape index (κ2) is 7.38. The van der Waals surface area contributed by atoms with Crippen molar-refractivity contribution in [2.45, 2.75) is 11.4 Å². The lowest BCUT2D eigenvalue weighted by molar-refractivity contribution is -0.137. The normalized spacial score (nSPS) is 11.7. The number of nitrogens with zero attached hydrogens (tertiary/aromatic N) is 1. The summed E-state index contributed by atoms with van der Waals surface area (Å²) in [7, 11) is 0. The molecular weight excluding hydrogens is 412 g/mol. The lowest BCUT2D eigenvalue weighted by Crippen LogP contribution is -2.15. The van der Waals surface area contributed by atoms with Crippen LogP contribution in [0.4, 0.5) is 18.9 Å². The fourth-order valence-electron chi connectivity index (χ4n) is 2.05. The third-order valence-corrected chi connectivity index (χ3v) is 4.62. The van der Waals surface area contributed by atoms with Crippen molar-refractivity contribution >= 4 is 57.7 Å². The van der Waals surface area contributed by atoms with E-state index in [-0.39, 0.29) is 21.7 Å². The average molecular weight is 421 g/mol. The Morgan fingerprint density at radius 2 is 1.96 bits per heavy atom. The van der Waals surface area contributed by atoms with Gasteiger partial charge in [0.15, 0.2) is 5.58 Å². The molecule has 0 aliphatic carbocycles. The van der Waals surface area contributed by atoms with Gasteiger partial charge in [-0.2, -0.15) is 13.2 Å². The third kappa shape index (κ3) is 4.44. The van der Waals surface area contributed by atoms with Crippen molar-refractivity contribution in [3.05, 3.63) is 52.0 Å². The quantitative estimate of drug-likeness (QED) is 0.535. The first kappa shape index (κ1) is 18.9. The van der Waals surface area contributed by atoms with Crippen LogP contribution in [-0.2, 0) is 11.0 Å². The molecule has 0 aliphatic heterocycles. The Kier molecular flexibility index (Phi) is 5.36. The van der Waals surface area contributed by atoms with Crippen molar-refractivity contribution in [1.82, 2.24) is 4.98 Å². The monoisotopic (exact) mass is 420 g/mol. The van der Waals surface area contributed by atoms with E-state index in [4.69, 9.17) is 27.6 Å². The molecule has 3 rings (SSSR count). The van der Waals surface area contributed by atoms with Crippen molar-refractivity contribution in [2.75, 3.05) is 11.1 Å². The van der Waals surface area contributed by atoms with Gasteiger partial charge in [0.2, 0.25) is 5.91 Å². The first-order chi connectivity index (χ1) is 12.2. The molecule has 0 saturated heterocycles. The van der Waals surface area contributed by atoms with Crippen molar-refractivity contribution in [1.29, 1.82) is 0 Å². The number of aromatic nitrogens is 1. The summed E-state index contributed by atoms with van der Waals surface area (Å²) in [5, 5.41) is 3.10. The summed E-state index contributed by atoms with van der Waals surface area (Å²) < 4.78 is 43.7. The Balaban J connectivity index is 1.67. The Labute approximate surface area is 159 Å². The number of hydrogen-bond acceptors (Lipinski definition) is 4. The van der Waals surface area contributed by atoms with Crippen LogP contribution in [0.2, 0.25) is 10.0 Å². The number of rotatable bonds is 4. The minimum absolute atomic E-state index is 0.00727. The molecule has 2 aromatic carbocycles. The van der Waals surface area contributed by atoms with Crippen LogP contribution in [-0.4, -0.2) is 16.6 Å². The fraction of sp³-hybridized carbons (Fsp3) is 0.125. The number of carbonyl (C=O) groups is 1. The van der Waals surface area contributed by atoms with E-state index in [1.54, 1.807) is 18.2 Å². The summed E-state index contributed by atoms with van der Waals surface area (Å²) in [5.41, 5.74) is 0.0386. The molecule has 10 heteroatoms. The molecule has 1 heterocycles. The number of hydrogen-bond donors (Lipinski definition) is 1. The van der Waals surface area contributed by atoms with Crippen LogP contribution in [0.1, 0.15) is 5.56 Å². The maximum absolute atomic E-state index is 12.7. The summed E-state index contributed by atoms with van der Waals surface area (Å²) in [4.78, 5) is 16.2. The van der Waals surface area contributed by atoms with Crippen molar-refractivity contribution in [2.24, 2.45) is 0 Å². The minimum atomic E-state index is -4.53. The molecule has 0 saturated carbocycles. The van der Waals surface area contributed by atoms with Gasteiger partial charge in [0.05, 0.1) is 22.0 Å². The molecule has 1 amide bonds. The lowest BCUT2D eigenvalue weighted by atomic mass is 10.2. The molecule has 1 aromatic heterocycles. The molecule has 136 valence electrons. The molecule has 0 spiro atoms. The zero-order chi connectivity index (χ0) is 18.9. The summed E-state index contributed by atoms with van der Waals surface area (Å²) in [6, 6.07) is 7.62. The second-order valence-corrected chi connectivity index (χ2v) is 6.89. The van der Waals surface area contributed by atoms with E-state index in [0.29, 0.717) is 16.1 Å². The van der Waals surface area contributed by atoms with Crippen LogP contribution in [0.15, 0.2) is 46.0 Å². The molecule has 4 nitrogen and oxygen atoms in total. The zero-order valence-corrected chi connectivity index (χ0v) is 15.1. The molecule has 0 atom stereocenters. The number of thioether (sulfide) groups is 1. The highest BCUT2D eigenvalue weighted by Crippen LogP contribution is 2.34. The van der Waals surface area contributed by atoms with Crippen LogP contribution < -0.4 is 5.32 Å². The van der Waals surface area contributed by atoms with E-state index in [1.165, 1.54) is 0 Å². The molecule has 0 bridgehead atoms. The van der Waals surface area contributed by atoms with E-state index >= 15 is 0 Å². The highest BCUT2D eigenvalue weighted by Gasteiger charge is 2.31. The number of alkyl halides is 3. The van der Waals surface area contributed by atoms with Crippen molar-refractivity contribution < 1.29 is 22.4 Å². The molecule has 26 heavy (non-hydrogen) atoms. The predicted molar refractivity (Wildman–Crippen MR) is 94.8 cm³/mol. The Morgan fingerprint density at radius 1 is 1.19 bits per heavy atom. The molecule has 0 fully saturated rings. The smallest absolute Gasteiger partial charge is 0.416 e. The van der Waals surface area contributed by atoms with Gasteiger partial charge in [-0.15, -0.1) is 0 Å². The van der Waals surface area contributed by atoms with Crippen molar-refractivity contribution in [3.63, 3.8) is 0 Å². The zero-order valence-electron chi connectivity index (χ0n) is 12.7. The van der Waals surface area contributed by atoms with Gasteiger partial charge < -0.3 is 9.73 Å². The number of nitrogens with one attached hydrogen (secondary N) is 1. The maximum Gasteiger partial charge on any atom is 0.416 e. The lowest BCUT2D eigenvalue weighted by Gasteiger charge is -2.11. The van der Waals surface area contributed by atoms with E-state index < -0.39 is 17.6 Å². The largest absolute Gasteiger partial charge is 0.431 e. The van der Waals surface area contributed by atoms with Gasteiger partial charge in [-0.25, -0.2) is 4.98 Å². The Bertz CT molecular complexity index is 976. The summed E-state index contributed by atoms with van der Waals surface area (Å²) in [5.74, 6) is -0.663. The molecule has 3 aromatic rings. The summed E-state index contributed by atoms with van der Waals surface area (Å²) >= 11 is 12.7. The van der Waals surface area contributed by atoms with Gasteiger partial charge >= 0.3 is 6.18 Å². The van der Waals surface area contributed by atoms with E-state index in [2.05, 4.69) is 10.3 Å². The van der Waals surface area contributed by atoms with Crippen LogP contribution in [0.5, 0.6) is 0 Å². The van der Waals surface area contributed by atoms with Gasteiger partial charge in [-0.05, 0) is 36.4 Å². The highest BCUT2D eigenvalue weighted by atomic mass is 35.5. The van der Waals surface area contributed by atoms with Gasteiger partial charge in [0.1, 0.15) is 5.52 Å². The molecule has 0 unspecified atom stereocenters. The van der Waals surface area contributed by atoms with E-state index in [1.807, 2.05) is 0 Å². The number of oxazole rings is 1. The Morgan fingerprint density at radius 3 is 2.69 bits per heavy atom. The van der Waals surface area contributed by atoms with Gasteiger partial charge in [0, 0.05) is 5.02 Å². The SMILES string of the molecule is O=C(CSc1nc2cc(Cl)ccc2o1)Nc1cc(C(F)(F)F)ccc1Cl. The van der Waals surface area contributed by atoms with Crippen LogP contribution in [0.25, 0.3) is 11.1 Å². The third-order valence-electron chi connectivity index (χ3n) is 3.22. The topological polar surface area (TPSA) is 55.1 Å². The molecule has 1 N–H and O–H groups in total. The van der Waals surface area contributed by atoms with Gasteiger partial charge in [-0.1, -0.05) is 35.0 Å². The van der Waals surface area contributed by atoms with Crippen LogP contribution in [0, 0.1) is 0 Å².